The molecule has 0 aliphatic carbocycles. The largest absolute Gasteiger partial charge is 0.324 e. The number of urea groups is 1. The van der Waals surface area contributed by atoms with Crippen LogP contribution in [0.25, 0.3) is 0 Å². The molecule has 0 atom stereocenters. The average Bonchev–Trinajstić information content (AvgIpc) is 2.64. The van der Waals surface area contributed by atoms with E-state index in [2.05, 4.69) is 10.0 Å². The number of amides is 2. The molecule has 2 N–H and O–H groups in total. The number of benzene rings is 2. The number of nitrogens with one attached hydrogen (secondary N) is 2. The van der Waals surface area contributed by atoms with E-state index in [9.17, 15) is 13.2 Å². The van der Waals surface area contributed by atoms with Gasteiger partial charge in [0.2, 0.25) is 10.0 Å². The molecule has 1 aliphatic heterocycles. The first kappa shape index (κ1) is 19.4. The lowest BCUT2D eigenvalue weighted by atomic mass is 10.1. The Morgan fingerprint density at radius 1 is 1.00 bits per heavy atom. The van der Waals surface area contributed by atoms with Crippen LogP contribution in [0.3, 0.4) is 0 Å². The van der Waals surface area contributed by atoms with Gasteiger partial charge in [-0.2, -0.15) is 0 Å². The van der Waals surface area contributed by atoms with Gasteiger partial charge in [0.15, 0.2) is 0 Å². The summed E-state index contributed by atoms with van der Waals surface area (Å²) in [6.07, 6.45) is 1.18. The van der Waals surface area contributed by atoms with Crippen LogP contribution in [0.5, 0.6) is 0 Å². The van der Waals surface area contributed by atoms with Gasteiger partial charge in [0, 0.05) is 24.8 Å². The summed E-state index contributed by atoms with van der Waals surface area (Å²) in [5.74, 6) is 0. The third-order valence-corrected chi connectivity index (χ3v) is 6.36. The minimum atomic E-state index is -3.54. The highest BCUT2D eigenvalue weighted by atomic mass is 32.2. The second kappa shape index (κ2) is 8.10. The van der Waals surface area contributed by atoms with Crippen molar-refractivity contribution in [3.05, 3.63) is 59.7 Å². The fourth-order valence-electron chi connectivity index (χ4n) is 3.11. The number of piperidine rings is 1. The number of para-hydroxylation sites is 1. The molecule has 3 rings (SSSR count). The molecule has 0 bridgehead atoms. The Bertz CT molecular complexity index is 902. The molecular formula is C20H25N3O3S. The topological polar surface area (TPSA) is 78.5 Å². The van der Waals surface area contributed by atoms with Gasteiger partial charge in [-0.25, -0.2) is 17.9 Å². The minimum absolute atomic E-state index is 0.149. The van der Waals surface area contributed by atoms with Crippen LogP contribution in [0.15, 0.2) is 53.4 Å². The molecule has 0 spiro atoms. The zero-order valence-corrected chi connectivity index (χ0v) is 16.4. The maximum Gasteiger partial charge on any atom is 0.321 e. The van der Waals surface area contributed by atoms with E-state index in [0.717, 1.165) is 16.8 Å². The van der Waals surface area contributed by atoms with Crippen LogP contribution in [0.2, 0.25) is 0 Å². The van der Waals surface area contributed by atoms with Gasteiger partial charge in [0.1, 0.15) is 0 Å². The van der Waals surface area contributed by atoms with Crippen molar-refractivity contribution in [2.75, 3.05) is 18.4 Å². The lowest BCUT2D eigenvalue weighted by molar-refractivity contribution is 0.193. The predicted molar refractivity (Wildman–Crippen MR) is 106 cm³/mol. The minimum Gasteiger partial charge on any atom is -0.324 e. The molecule has 0 radical (unpaired) electrons. The van der Waals surface area contributed by atoms with Crippen LogP contribution < -0.4 is 10.0 Å². The Balaban J connectivity index is 1.55. The van der Waals surface area contributed by atoms with E-state index in [0.29, 0.717) is 25.9 Å². The SMILES string of the molecule is Cc1ccc(S(=O)(=O)NC2CCN(C(=O)Nc3ccccc3C)CC2)cc1. The molecule has 0 saturated carbocycles. The monoisotopic (exact) mass is 387 g/mol. The van der Waals surface area contributed by atoms with E-state index in [4.69, 9.17) is 0 Å². The molecule has 27 heavy (non-hydrogen) atoms. The van der Waals surface area contributed by atoms with Crippen LogP contribution >= 0.6 is 0 Å². The van der Waals surface area contributed by atoms with Gasteiger partial charge in [0.25, 0.3) is 0 Å². The number of nitrogens with zero attached hydrogens (tertiary/aromatic N) is 1. The van der Waals surface area contributed by atoms with Gasteiger partial charge in [-0.1, -0.05) is 35.9 Å². The summed E-state index contributed by atoms with van der Waals surface area (Å²) in [5.41, 5.74) is 2.82. The Hall–Kier alpha value is -2.38. The van der Waals surface area contributed by atoms with E-state index < -0.39 is 10.0 Å². The molecule has 7 heteroatoms. The molecule has 0 unspecified atom stereocenters. The summed E-state index contributed by atoms with van der Waals surface area (Å²) in [4.78, 5) is 14.4. The Labute approximate surface area is 160 Å². The molecular weight excluding hydrogens is 362 g/mol. The van der Waals surface area contributed by atoms with Crippen molar-refractivity contribution in [3.63, 3.8) is 0 Å². The van der Waals surface area contributed by atoms with Gasteiger partial charge in [-0.3, -0.25) is 0 Å². The van der Waals surface area contributed by atoms with Crippen LogP contribution in [0.1, 0.15) is 24.0 Å². The Kier molecular flexibility index (Phi) is 5.82. The molecule has 1 fully saturated rings. The smallest absolute Gasteiger partial charge is 0.321 e. The first-order valence-corrected chi connectivity index (χ1v) is 10.5. The second-order valence-corrected chi connectivity index (χ2v) is 8.65. The standard InChI is InChI=1S/C20H25N3O3S/c1-15-7-9-18(10-8-15)27(25,26)22-17-11-13-23(14-12-17)20(24)21-19-6-4-3-5-16(19)2/h3-10,17,22H,11-14H2,1-2H3,(H,21,24). The number of hydrogen-bond acceptors (Lipinski definition) is 3. The number of anilines is 1. The van der Waals surface area contributed by atoms with E-state index in [-0.39, 0.29) is 17.0 Å². The Morgan fingerprint density at radius 3 is 2.26 bits per heavy atom. The third kappa shape index (κ3) is 4.87. The summed E-state index contributed by atoms with van der Waals surface area (Å²) in [6.45, 7) is 4.89. The second-order valence-electron chi connectivity index (χ2n) is 6.94. The molecule has 0 aromatic heterocycles. The van der Waals surface area contributed by atoms with Gasteiger partial charge < -0.3 is 10.2 Å². The molecule has 2 aromatic rings. The van der Waals surface area contributed by atoms with Crippen molar-refractivity contribution >= 4 is 21.7 Å². The normalized spacial score (nSPS) is 15.6. The lowest BCUT2D eigenvalue weighted by Gasteiger charge is -2.32. The van der Waals surface area contributed by atoms with Crippen LogP contribution in [0.4, 0.5) is 10.5 Å². The Morgan fingerprint density at radius 2 is 1.63 bits per heavy atom. The predicted octanol–water partition coefficient (Wildman–Crippen LogP) is 3.28. The molecule has 6 nitrogen and oxygen atoms in total. The molecule has 2 aromatic carbocycles. The average molecular weight is 388 g/mol. The van der Waals surface area contributed by atoms with Crippen molar-refractivity contribution in [1.29, 1.82) is 0 Å². The van der Waals surface area contributed by atoms with Crippen molar-refractivity contribution in [2.24, 2.45) is 0 Å². The fourth-order valence-corrected chi connectivity index (χ4v) is 4.42. The maximum atomic E-state index is 12.5. The molecule has 144 valence electrons. The lowest BCUT2D eigenvalue weighted by Crippen LogP contribution is -2.47. The summed E-state index contributed by atoms with van der Waals surface area (Å²) in [7, 11) is -3.54. The number of rotatable bonds is 4. The number of sulfonamides is 1. The fraction of sp³-hybridized carbons (Fsp3) is 0.350. The van der Waals surface area contributed by atoms with Crippen molar-refractivity contribution in [1.82, 2.24) is 9.62 Å². The van der Waals surface area contributed by atoms with Crippen molar-refractivity contribution < 1.29 is 13.2 Å². The van der Waals surface area contributed by atoms with Crippen LogP contribution in [-0.4, -0.2) is 38.5 Å². The van der Waals surface area contributed by atoms with Gasteiger partial charge >= 0.3 is 6.03 Å². The summed E-state index contributed by atoms with van der Waals surface area (Å²) < 4.78 is 27.8. The van der Waals surface area contributed by atoms with E-state index in [1.165, 1.54) is 0 Å². The van der Waals surface area contributed by atoms with Crippen molar-refractivity contribution in [3.8, 4) is 0 Å². The number of carbonyl (C=O) groups is 1. The molecule has 1 saturated heterocycles. The zero-order valence-electron chi connectivity index (χ0n) is 15.6. The molecule has 1 heterocycles. The molecule has 2 amide bonds. The summed E-state index contributed by atoms with van der Waals surface area (Å²) in [5, 5.41) is 2.92. The molecule has 1 aliphatic rings. The van der Waals surface area contributed by atoms with Crippen LogP contribution in [0, 0.1) is 13.8 Å². The third-order valence-electron chi connectivity index (χ3n) is 4.82. The quantitative estimate of drug-likeness (QED) is 0.845. The van der Waals surface area contributed by atoms with Gasteiger partial charge in [-0.05, 0) is 50.5 Å². The van der Waals surface area contributed by atoms with Crippen LogP contribution in [-0.2, 0) is 10.0 Å². The summed E-state index contributed by atoms with van der Waals surface area (Å²) >= 11 is 0. The number of hydrogen-bond donors (Lipinski definition) is 2. The van der Waals surface area contributed by atoms with E-state index in [1.54, 1.807) is 29.2 Å². The van der Waals surface area contributed by atoms with E-state index >= 15 is 0 Å². The van der Waals surface area contributed by atoms with Gasteiger partial charge in [-0.15, -0.1) is 0 Å². The summed E-state index contributed by atoms with van der Waals surface area (Å²) in [6, 6.07) is 14.1. The number of likely N-dealkylation sites (tertiary alicyclic amines) is 1. The highest BCUT2D eigenvalue weighted by molar-refractivity contribution is 7.89. The highest BCUT2D eigenvalue weighted by Gasteiger charge is 2.26. The zero-order chi connectivity index (χ0) is 19.4. The highest BCUT2D eigenvalue weighted by Crippen LogP contribution is 2.18. The number of carbonyl (C=O) groups excluding carboxylic acids is 1. The first-order valence-electron chi connectivity index (χ1n) is 9.06. The van der Waals surface area contributed by atoms with Crippen molar-refractivity contribution in [2.45, 2.75) is 37.6 Å². The van der Waals surface area contributed by atoms with E-state index in [1.807, 2.05) is 38.1 Å². The maximum absolute atomic E-state index is 12.5. The number of aryl methyl sites for hydroxylation is 2. The first-order chi connectivity index (χ1) is 12.8. The van der Waals surface area contributed by atoms with Gasteiger partial charge in [0.05, 0.1) is 4.90 Å².